The molecule has 1 aromatic rings. The van der Waals surface area contributed by atoms with Crippen molar-refractivity contribution in [3.05, 3.63) is 15.0 Å². The zero-order valence-corrected chi connectivity index (χ0v) is 13.9. The fourth-order valence-electron chi connectivity index (χ4n) is 2.15. The normalized spacial score (nSPS) is 20.4. The largest absolute Gasteiger partial charge is 0.444 e. The van der Waals surface area contributed by atoms with Crippen LogP contribution >= 0.6 is 27.3 Å². The van der Waals surface area contributed by atoms with E-state index in [9.17, 15) is 4.79 Å². The Morgan fingerprint density at radius 3 is 2.84 bits per heavy atom. The minimum Gasteiger partial charge on any atom is -0.444 e. The maximum absolute atomic E-state index is 12.3. The highest BCUT2D eigenvalue weighted by Crippen LogP contribution is 2.35. The Bertz CT molecular complexity index is 456. The molecular weight excluding hydrogens is 328 g/mol. The number of piperidine rings is 1. The van der Waals surface area contributed by atoms with Gasteiger partial charge in [0.1, 0.15) is 10.6 Å². The van der Waals surface area contributed by atoms with E-state index in [-0.39, 0.29) is 12.1 Å². The van der Waals surface area contributed by atoms with Crippen molar-refractivity contribution >= 4 is 33.4 Å². The summed E-state index contributed by atoms with van der Waals surface area (Å²) in [6.07, 6.45) is 4.67. The number of hydrogen-bond acceptors (Lipinski definition) is 4. The van der Waals surface area contributed by atoms with E-state index in [4.69, 9.17) is 4.74 Å². The summed E-state index contributed by atoms with van der Waals surface area (Å²) in [4.78, 5) is 18.5. The van der Waals surface area contributed by atoms with Crippen molar-refractivity contribution in [2.45, 2.75) is 51.7 Å². The van der Waals surface area contributed by atoms with E-state index in [0.29, 0.717) is 0 Å². The molecule has 1 aliphatic rings. The molecule has 1 aliphatic heterocycles. The molecule has 0 aliphatic carbocycles. The number of nitrogens with zero attached hydrogens (tertiary/aromatic N) is 2. The van der Waals surface area contributed by atoms with Gasteiger partial charge >= 0.3 is 6.09 Å². The molecule has 1 saturated heterocycles. The first-order valence-electron chi connectivity index (χ1n) is 6.48. The standard InChI is InChI=1S/C13H19BrN2O2S/c1-13(2,3)18-12(17)16-7-5-4-6-9(16)11-15-8-10(14)19-11/h8-9H,4-7H2,1-3H3/t9-/m0/s1. The van der Waals surface area contributed by atoms with Crippen LogP contribution < -0.4 is 0 Å². The van der Waals surface area contributed by atoms with Gasteiger partial charge in [-0.2, -0.15) is 0 Å². The van der Waals surface area contributed by atoms with Gasteiger partial charge in [0, 0.05) is 6.54 Å². The molecule has 0 N–H and O–H groups in total. The van der Waals surface area contributed by atoms with Crippen molar-refractivity contribution in [3.8, 4) is 0 Å². The van der Waals surface area contributed by atoms with Crippen LogP contribution in [0.15, 0.2) is 9.98 Å². The molecule has 6 heteroatoms. The minimum absolute atomic E-state index is 0.0555. The lowest BCUT2D eigenvalue weighted by atomic mass is 10.0. The SMILES string of the molecule is CC(C)(C)OC(=O)N1CCCC[C@H]1c1ncc(Br)s1. The van der Waals surface area contributed by atoms with Crippen molar-refractivity contribution in [2.24, 2.45) is 0 Å². The number of ether oxygens (including phenoxy) is 1. The molecule has 0 spiro atoms. The number of likely N-dealkylation sites (tertiary alicyclic amines) is 1. The predicted molar refractivity (Wildman–Crippen MR) is 79.3 cm³/mol. The number of halogens is 1. The Morgan fingerprint density at radius 1 is 1.53 bits per heavy atom. The molecule has 2 rings (SSSR count). The second kappa shape index (κ2) is 5.79. The van der Waals surface area contributed by atoms with Crippen molar-refractivity contribution in [1.82, 2.24) is 9.88 Å². The maximum atomic E-state index is 12.3. The zero-order valence-electron chi connectivity index (χ0n) is 11.5. The lowest BCUT2D eigenvalue weighted by Crippen LogP contribution is -2.41. The number of rotatable bonds is 1. The Kier molecular flexibility index (Phi) is 4.50. The zero-order chi connectivity index (χ0) is 14.0. The number of thiazole rings is 1. The topological polar surface area (TPSA) is 42.4 Å². The third kappa shape index (κ3) is 3.92. The Balaban J connectivity index is 2.14. The van der Waals surface area contributed by atoms with E-state index < -0.39 is 5.60 Å². The summed E-state index contributed by atoms with van der Waals surface area (Å²) >= 11 is 5.02. The van der Waals surface area contributed by atoms with E-state index in [1.165, 1.54) is 0 Å². The summed E-state index contributed by atoms with van der Waals surface area (Å²) in [5.74, 6) is 0. The molecule has 0 unspecified atom stereocenters. The molecule has 2 heterocycles. The number of amides is 1. The minimum atomic E-state index is -0.456. The van der Waals surface area contributed by atoms with Gasteiger partial charge in [-0.15, -0.1) is 11.3 Å². The van der Waals surface area contributed by atoms with Gasteiger partial charge in [-0.3, -0.25) is 4.90 Å². The molecule has 0 bridgehead atoms. The van der Waals surface area contributed by atoms with Gasteiger partial charge in [-0.25, -0.2) is 9.78 Å². The van der Waals surface area contributed by atoms with E-state index in [0.717, 1.165) is 34.6 Å². The molecule has 1 atom stereocenters. The van der Waals surface area contributed by atoms with Crippen LogP contribution in [0.2, 0.25) is 0 Å². The van der Waals surface area contributed by atoms with Crippen molar-refractivity contribution in [2.75, 3.05) is 6.54 Å². The van der Waals surface area contributed by atoms with Crippen LogP contribution in [0.1, 0.15) is 51.1 Å². The first-order chi connectivity index (χ1) is 8.87. The molecule has 0 aromatic carbocycles. The van der Waals surface area contributed by atoms with E-state index >= 15 is 0 Å². The van der Waals surface area contributed by atoms with Gasteiger partial charge in [0.2, 0.25) is 0 Å². The van der Waals surface area contributed by atoms with Crippen LogP contribution in [0.3, 0.4) is 0 Å². The summed E-state index contributed by atoms with van der Waals surface area (Å²) in [5, 5.41) is 0.984. The third-order valence-corrected chi connectivity index (χ3v) is 4.49. The van der Waals surface area contributed by atoms with Gasteiger partial charge in [0.05, 0.1) is 16.0 Å². The molecule has 1 aromatic heterocycles. The first kappa shape index (κ1) is 14.8. The van der Waals surface area contributed by atoms with Gasteiger partial charge in [0.25, 0.3) is 0 Å². The van der Waals surface area contributed by atoms with Gasteiger partial charge in [-0.1, -0.05) is 0 Å². The lowest BCUT2D eigenvalue weighted by Gasteiger charge is -2.35. The first-order valence-corrected chi connectivity index (χ1v) is 8.08. The molecule has 1 amide bonds. The third-order valence-electron chi connectivity index (χ3n) is 2.91. The Labute approximate surface area is 126 Å². The molecule has 1 fully saturated rings. The van der Waals surface area contributed by atoms with Gasteiger partial charge < -0.3 is 4.74 Å². The number of carbonyl (C=O) groups is 1. The van der Waals surface area contributed by atoms with Gasteiger partial charge in [-0.05, 0) is 56.0 Å². The van der Waals surface area contributed by atoms with Crippen LogP contribution in [-0.2, 0) is 4.74 Å². The monoisotopic (exact) mass is 346 g/mol. The molecular formula is C13H19BrN2O2S. The average molecular weight is 347 g/mol. The smallest absolute Gasteiger partial charge is 0.410 e. The van der Waals surface area contributed by atoms with E-state index in [1.54, 1.807) is 17.5 Å². The molecule has 0 saturated carbocycles. The maximum Gasteiger partial charge on any atom is 0.410 e. The van der Waals surface area contributed by atoms with Crippen molar-refractivity contribution in [3.63, 3.8) is 0 Å². The fourth-order valence-corrected chi connectivity index (χ4v) is 3.54. The van der Waals surface area contributed by atoms with Gasteiger partial charge in [0.15, 0.2) is 0 Å². The average Bonchev–Trinajstić information content (AvgIpc) is 2.73. The summed E-state index contributed by atoms with van der Waals surface area (Å²) < 4.78 is 6.49. The molecule has 106 valence electrons. The highest BCUT2D eigenvalue weighted by atomic mass is 79.9. The van der Waals surface area contributed by atoms with Crippen molar-refractivity contribution < 1.29 is 9.53 Å². The van der Waals surface area contributed by atoms with Crippen molar-refractivity contribution in [1.29, 1.82) is 0 Å². The van der Waals surface area contributed by atoms with E-state index in [2.05, 4.69) is 20.9 Å². The van der Waals surface area contributed by atoms with E-state index in [1.807, 2.05) is 25.7 Å². The Morgan fingerprint density at radius 2 is 2.26 bits per heavy atom. The van der Waals surface area contributed by atoms with Crippen LogP contribution in [0.5, 0.6) is 0 Å². The highest BCUT2D eigenvalue weighted by molar-refractivity contribution is 9.11. The van der Waals surface area contributed by atoms with Crippen LogP contribution in [0, 0.1) is 0 Å². The second-order valence-corrected chi connectivity index (χ2v) is 8.13. The molecule has 4 nitrogen and oxygen atoms in total. The Hall–Kier alpha value is -0.620. The summed E-state index contributed by atoms with van der Waals surface area (Å²) in [6.45, 7) is 6.42. The van der Waals surface area contributed by atoms with Crippen LogP contribution in [-0.4, -0.2) is 28.1 Å². The van der Waals surface area contributed by atoms with Crippen LogP contribution in [0.4, 0.5) is 4.79 Å². The molecule has 19 heavy (non-hydrogen) atoms. The number of carbonyl (C=O) groups excluding carboxylic acids is 1. The second-order valence-electron chi connectivity index (χ2n) is 5.69. The summed E-state index contributed by atoms with van der Waals surface area (Å²) in [6, 6.07) is 0.0555. The molecule has 0 radical (unpaired) electrons. The summed E-state index contributed by atoms with van der Waals surface area (Å²) in [7, 11) is 0. The highest BCUT2D eigenvalue weighted by Gasteiger charge is 2.32. The lowest BCUT2D eigenvalue weighted by molar-refractivity contribution is 0.00949. The number of aromatic nitrogens is 1. The quantitative estimate of drug-likeness (QED) is 0.758. The van der Waals surface area contributed by atoms with Crippen LogP contribution in [0.25, 0.3) is 0 Å². The number of hydrogen-bond donors (Lipinski definition) is 0. The summed E-state index contributed by atoms with van der Waals surface area (Å²) in [5.41, 5.74) is -0.456. The fraction of sp³-hybridized carbons (Fsp3) is 0.692. The predicted octanol–water partition coefficient (Wildman–Crippen LogP) is 4.37.